The van der Waals surface area contributed by atoms with Crippen LogP contribution in [0.3, 0.4) is 0 Å². The van der Waals surface area contributed by atoms with Gasteiger partial charge in [-0.05, 0) is 0 Å². The molecule has 1 N–H and O–H groups in total. The average molecular weight is 66.0 g/mol. The first-order valence-corrected chi connectivity index (χ1v) is 1.32. The van der Waals surface area contributed by atoms with E-state index in [9.17, 15) is 0 Å². The Morgan fingerprint density at radius 1 is 1.60 bits per heavy atom. The summed E-state index contributed by atoms with van der Waals surface area (Å²) in [6, 6.07) is 0. The van der Waals surface area contributed by atoms with E-state index in [1.807, 2.05) is 0 Å². The summed E-state index contributed by atoms with van der Waals surface area (Å²) in [6.07, 6.45) is 0.625. The van der Waals surface area contributed by atoms with Crippen LogP contribution in [-0.2, 0) is 0 Å². The molecule has 0 bridgehead atoms. The van der Waals surface area contributed by atoms with E-state index in [1.54, 1.807) is 0 Å². The van der Waals surface area contributed by atoms with Crippen molar-refractivity contribution in [1.82, 2.24) is 0 Å². The fourth-order valence-corrected chi connectivity index (χ4v) is 0. The number of aliphatic hydroxyl groups excluding tert-OH is 1. The molecule has 1 nitrogen and oxygen atoms in total. The van der Waals surface area contributed by atoms with Crippen molar-refractivity contribution in [2.45, 2.75) is 6.42 Å². The van der Waals surface area contributed by atoms with Crippen LogP contribution in [0.5, 0.6) is 0 Å². The smallest absolute Gasteiger partial charge is 0.399 e. The van der Waals surface area contributed by atoms with Crippen LogP contribution in [0, 0.1) is 6.92 Å². The molecule has 0 atom stereocenters. The maximum atomic E-state index is 7.81. The Hall–Kier alpha value is 0.557. The van der Waals surface area contributed by atoms with Crippen LogP contribution in [0.25, 0.3) is 0 Å². The predicted molar refractivity (Wildman–Crippen MR) is 17.1 cm³/mol. The Morgan fingerprint density at radius 3 is 1.80 bits per heavy atom. The van der Waals surface area contributed by atoms with E-state index >= 15 is 0 Å². The van der Waals surface area contributed by atoms with Gasteiger partial charge < -0.3 is 12.0 Å². The zero-order valence-electron chi connectivity index (χ0n) is 3.57. The monoisotopic (exact) mass is 66.1 g/mol. The average Bonchev–Trinajstić information content (AvgIpc) is 1.37. The standard InChI is InChI=1S/C3H7O.Li/c1-2-3-4;/h4H,1-3H2;/q-1;+1. The van der Waals surface area contributed by atoms with Gasteiger partial charge in [-0.2, -0.15) is 6.42 Å². The third kappa shape index (κ3) is 12.3. The quantitative estimate of drug-likeness (QED) is 0.259. The van der Waals surface area contributed by atoms with Gasteiger partial charge in [-0.3, -0.25) is 0 Å². The second-order valence-electron chi connectivity index (χ2n) is 0.577. The van der Waals surface area contributed by atoms with Gasteiger partial charge in [0.2, 0.25) is 0 Å². The Bertz CT molecular complexity index is 8.85. The third-order valence-electron chi connectivity index (χ3n) is 0.158. The van der Waals surface area contributed by atoms with E-state index in [2.05, 4.69) is 6.92 Å². The molecule has 0 aromatic heterocycles. The molecule has 0 amide bonds. The molecule has 0 unspecified atom stereocenters. The zero-order chi connectivity index (χ0) is 3.41. The first kappa shape index (κ1) is 9.12. The van der Waals surface area contributed by atoms with Crippen LogP contribution in [0.15, 0.2) is 0 Å². The molecule has 2 heteroatoms. The Labute approximate surface area is 44.6 Å². The molecule has 0 aromatic rings. The van der Waals surface area contributed by atoms with Gasteiger partial charge in [-0.1, -0.05) is 0 Å². The van der Waals surface area contributed by atoms with E-state index < -0.39 is 0 Å². The molecule has 0 heterocycles. The van der Waals surface area contributed by atoms with Crippen LogP contribution in [0.2, 0.25) is 0 Å². The summed E-state index contributed by atoms with van der Waals surface area (Å²) in [5.41, 5.74) is 0. The SMILES string of the molecule is [CH2-]CCO.[Li+]. The third-order valence-corrected chi connectivity index (χ3v) is 0.158. The summed E-state index contributed by atoms with van der Waals surface area (Å²) >= 11 is 0. The summed E-state index contributed by atoms with van der Waals surface area (Å²) in [5.74, 6) is 0. The van der Waals surface area contributed by atoms with Crippen molar-refractivity contribution in [1.29, 1.82) is 0 Å². The second kappa shape index (κ2) is 8.82. The molecule has 0 saturated heterocycles. The van der Waals surface area contributed by atoms with Crippen LogP contribution >= 0.6 is 0 Å². The minimum absolute atomic E-state index is 0. The topological polar surface area (TPSA) is 20.2 Å². The number of hydrogen-bond donors (Lipinski definition) is 1. The van der Waals surface area contributed by atoms with Gasteiger partial charge in [-0.15, -0.1) is 0 Å². The molecular weight excluding hydrogens is 59.0 g/mol. The van der Waals surface area contributed by atoms with Gasteiger partial charge in [0.25, 0.3) is 0 Å². The molecule has 0 aliphatic rings. The minimum Gasteiger partial charge on any atom is -0.399 e. The van der Waals surface area contributed by atoms with E-state index in [1.165, 1.54) is 0 Å². The molecule has 0 spiro atoms. The number of aliphatic hydroxyl groups is 1. The van der Waals surface area contributed by atoms with Crippen LogP contribution in [0.4, 0.5) is 0 Å². The first-order chi connectivity index (χ1) is 1.91. The molecule has 0 rings (SSSR count). The summed E-state index contributed by atoms with van der Waals surface area (Å²) in [7, 11) is 0. The van der Waals surface area contributed by atoms with Crippen molar-refractivity contribution in [2.75, 3.05) is 6.61 Å². The summed E-state index contributed by atoms with van der Waals surface area (Å²) in [6.45, 7) is 3.56. The zero-order valence-corrected chi connectivity index (χ0v) is 3.57. The maximum Gasteiger partial charge on any atom is 1.00 e. The molecule has 0 aliphatic heterocycles. The molecule has 0 aliphatic carbocycles. The van der Waals surface area contributed by atoms with Gasteiger partial charge in [0.05, 0.1) is 0 Å². The van der Waals surface area contributed by atoms with E-state index in [-0.39, 0.29) is 25.5 Å². The summed E-state index contributed by atoms with van der Waals surface area (Å²) in [4.78, 5) is 0. The van der Waals surface area contributed by atoms with E-state index in [4.69, 9.17) is 5.11 Å². The van der Waals surface area contributed by atoms with E-state index in [0.29, 0.717) is 6.42 Å². The van der Waals surface area contributed by atoms with Crippen LogP contribution in [-0.4, -0.2) is 11.7 Å². The molecule has 0 aromatic carbocycles. The number of hydrogen-bond acceptors (Lipinski definition) is 1. The second-order valence-corrected chi connectivity index (χ2v) is 0.577. The van der Waals surface area contributed by atoms with Crippen LogP contribution < -0.4 is 18.9 Å². The van der Waals surface area contributed by atoms with E-state index in [0.717, 1.165) is 0 Å². The van der Waals surface area contributed by atoms with Gasteiger partial charge in [0.1, 0.15) is 0 Å². The molecule has 5 heavy (non-hydrogen) atoms. The van der Waals surface area contributed by atoms with Crippen molar-refractivity contribution in [3.05, 3.63) is 6.92 Å². The number of rotatable bonds is 1. The Morgan fingerprint density at radius 2 is 1.80 bits per heavy atom. The first-order valence-electron chi connectivity index (χ1n) is 1.32. The van der Waals surface area contributed by atoms with Gasteiger partial charge in [0.15, 0.2) is 0 Å². The summed E-state index contributed by atoms with van der Waals surface area (Å²) in [5, 5.41) is 7.81. The van der Waals surface area contributed by atoms with Crippen molar-refractivity contribution < 1.29 is 24.0 Å². The van der Waals surface area contributed by atoms with Gasteiger partial charge in [0, 0.05) is 6.61 Å². The fourth-order valence-electron chi connectivity index (χ4n) is 0. The van der Waals surface area contributed by atoms with Crippen LogP contribution in [0.1, 0.15) is 6.42 Å². The minimum atomic E-state index is 0. The molecular formula is C3H7LiO. The largest absolute Gasteiger partial charge is 1.00 e. The fraction of sp³-hybridized carbons (Fsp3) is 0.667. The van der Waals surface area contributed by atoms with Gasteiger partial charge >= 0.3 is 18.9 Å². The molecule has 0 fully saturated rings. The molecule has 0 radical (unpaired) electrons. The molecule has 0 saturated carbocycles. The van der Waals surface area contributed by atoms with Crippen molar-refractivity contribution in [2.24, 2.45) is 0 Å². The van der Waals surface area contributed by atoms with Crippen molar-refractivity contribution >= 4 is 0 Å². The predicted octanol–water partition coefficient (Wildman–Crippen LogP) is -2.79. The summed E-state index contributed by atoms with van der Waals surface area (Å²) < 4.78 is 0. The Balaban J connectivity index is 0. The van der Waals surface area contributed by atoms with Crippen molar-refractivity contribution in [3.63, 3.8) is 0 Å². The Kier molecular flexibility index (Phi) is 16.1. The normalized spacial score (nSPS) is 6.00. The maximum absolute atomic E-state index is 7.81. The van der Waals surface area contributed by atoms with Gasteiger partial charge in [-0.25, -0.2) is 0 Å². The van der Waals surface area contributed by atoms with Crippen molar-refractivity contribution in [3.8, 4) is 0 Å². The molecule has 26 valence electrons.